The first-order valence-electron chi connectivity index (χ1n) is 1.66. The molecule has 0 N–H and O–H groups in total. The third kappa shape index (κ3) is 4.50. The van der Waals surface area contributed by atoms with Crippen LogP contribution in [0.1, 0.15) is 13.8 Å². The Morgan fingerprint density at radius 2 is 1.83 bits per heavy atom. The van der Waals surface area contributed by atoms with Crippen molar-refractivity contribution in [2.75, 3.05) is 0 Å². The van der Waals surface area contributed by atoms with E-state index in [-0.39, 0.29) is 0 Å². The molecule has 6 heavy (non-hydrogen) atoms. The third-order valence-corrected chi connectivity index (χ3v) is 1.33. The summed E-state index contributed by atoms with van der Waals surface area (Å²) in [5.74, 6) is 0. The molecule has 5 radical (unpaired) electrons. The van der Waals surface area contributed by atoms with Crippen LogP contribution in [-0.4, -0.2) is 22.5 Å². The van der Waals surface area contributed by atoms with Gasteiger partial charge in [-0.1, -0.05) is 0 Å². The Kier molecular flexibility index (Phi) is 2.15. The van der Waals surface area contributed by atoms with Gasteiger partial charge in [-0.2, -0.15) is 0 Å². The molecule has 0 atom stereocenters. The van der Waals surface area contributed by atoms with Crippen molar-refractivity contribution in [3.05, 3.63) is 6.92 Å². The van der Waals surface area contributed by atoms with Gasteiger partial charge in [-0.25, -0.2) is 0 Å². The number of hydrogen-bond donors (Lipinski definition) is 0. The predicted octanol–water partition coefficient (Wildman–Crippen LogP) is 0.453. The van der Waals surface area contributed by atoms with Gasteiger partial charge in [0, 0.05) is 0 Å². The van der Waals surface area contributed by atoms with Gasteiger partial charge in [-0.15, -0.1) is 0 Å². The molecule has 0 aromatic rings. The molecule has 0 fully saturated rings. The molecule has 0 aliphatic heterocycles. The molecule has 0 heterocycles. The van der Waals surface area contributed by atoms with Gasteiger partial charge in [0.25, 0.3) is 0 Å². The van der Waals surface area contributed by atoms with Crippen LogP contribution in [-0.2, 0) is 3.76 Å². The van der Waals surface area contributed by atoms with Crippen molar-refractivity contribution in [2.24, 2.45) is 0 Å². The molecule has 0 unspecified atom stereocenters. The Morgan fingerprint density at radius 1 is 1.67 bits per heavy atom. The predicted molar refractivity (Wildman–Crippen MR) is 24.2 cm³/mol. The fourth-order valence-electron chi connectivity index (χ4n) is 0. The maximum atomic E-state index is 6.96. The topological polar surface area (TPSA) is 9.23 Å². The van der Waals surface area contributed by atoms with Crippen molar-refractivity contribution < 1.29 is 3.76 Å². The Morgan fingerprint density at radius 3 is 1.83 bits per heavy atom. The second-order valence-electron chi connectivity index (χ2n) is 1.61. The quantitative estimate of drug-likeness (QED) is 0.382. The van der Waals surface area contributed by atoms with E-state index >= 15 is 0 Å². The average Bonchev–Trinajstić information content (AvgIpc) is 1.35. The van der Waals surface area contributed by atoms with Gasteiger partial charge in [0.15, 0.2) is 0 Å². The standard InChI is InChI=1S/C4H6GeO/c1-4(2,3)6-5/h1-2H3/q-1. The minimum absolute atomic E-state index is 0.708. The molecular formula is C4H6GeO-. The van der Waals surface area contributed by atoms with Crippen LogP contribution in [0.3, 0.4) is 0 Å². The summed E-state index contributed by atoms with van der Waals surface area (Å²) in [6.45, 7) is 10.3. The normalized spacial score (nSPS) is 12.0. The van der Waals surface area contributed by atoms with E-state index in [0.29, 0.717) is 0 Å². The van der Waals surface area contributed by atoms with Gasteiger partial charge in [-0.3, -0.25) is 0 Å². The summed E-state index contributed by atoms with van der Waals surface area (Å²) in [4.78, 5) is 0. The molecule has 0 saturated carbocycles. The summed E-state index contributed by atoms with van der Waals surface area (Å²) in [5.41, 5.74) is -0.708. The molecule has 0 aliphatic carbocycles. The van der Waals surface area contributed by atoms with Gasteiger partial charge < -0.3 is 0 Å². The molecule has 0 aromatic heterocycles. The summed E-state index contributed by atoms with van der Waals surface area (Å²) in [7, 11) is 0. The second-order valence-corrected chi connectivity index (χ2v) is 2.04. The molecule has 33 valence electrons. The first-order chi connectivity index (χ1) is 2.56. The van der Waals surface area contributed by atoms with Crippen molar-refractivity contribution in [1.82, 2.24) is 0 Å². The van der Waals surface area contributed by atoms with E-state index in [1.807, 2.05) is 0 Å². The fourth-order valence-corrected chi connectivity index (χ4v) is 0. The van der Waals surface area contributed by atoms with Gasteiger partial charge in [0.05, 0.1) is 0 Å². The van der Waals surface area contributed by atoms with Crippen molar-refractivity contribution in [3.8, 4) is 0 Å². The number of rotatable bonds is 1. The van der Waals surface area contributed by atoms with Crippen LogP contribution in [0, 0.1) is 6.92 Å². The van der Waals surface area contributed by atoms with Crippen LogP contribution in [0.2, 0.25) is 0 Å². The van der Waals surface area contributed by atoms with Crippen molar-refractivity contribution in [3.63, 3.8) is 0 Å². The van der Waals surface area contributed by atoms with Crippen LogP contribution < -0.4 is 0 Å². The Hall–Kier alpha value is 0.503. The third-order valence-electron chi connectivity index (χ3n) is 0.255. The van der Waals surface area contributed by atoms with Gasteiger partial charge >= 0.3 is 47.0 Å². The summed E-state index contributed by atoms with van der Waals surface area (Å²) in [5, 5.41) is 0. The molecule has 2 heteroatoms. The van der Waals surface area contributed by atoms with E-state index in [0.717, 1.165) is 0 Å². The van der Waals surface area contributed by atoms with Gasteiger partial charge in [0.2, 0.25) is 0 Å². The molecule has 0 rings (SSSR count). The zero-order chi connectivity index (χ0) is 5.21. The molecular weight excluding hydrogens is 137 g/mol. The maximum absolute atomic E-state index is 6.96. The Bertz CT molecular complexity index is 37.3. The molecule has 0 spiro atoms. The van der Waals surface area contributed by atoms with Crippen molar-refractivity contribution >= 4 is 16.9 Å². The Balaban J connectivity index is 3.17. The summed E-state index contributed by atoms with van der Waals surface area (Å²) >= 11 is 1.52. The van der Waals surface area contributed by atoms with Gasteiger partial charge in [0.1, 0.15) is 0 Å². The molecule has 0 amide bonds. The second kappa shape index (κ2) is 1.98. The summed E-state index contributed by atoms with van der Waals surface area (Å²) in [6.07, 6.45) is 0. The van der Waals surface area contributed by atoms with E-state index in [9.17, 15) is 0 Å². The molecule has 0 bridgehead atoms. The zero-order valence-electron chi connectivity index (χ0n) is 3.91. The molecule has 1 nitrogen and oxygen atoms in total. The first kappa shape index (κ1) is 6.50. The van der Waals surface area contributed by atoms with Crippen LogP contribution in [0.4, 0.5) is 0 Å². The molecule has 0 aromatic carbocycles. The van der Waals surface area contributed by atoms with E-state index in [1.54, 1.807) is 13.8 Å². The van der Waals surface area contributed by atoms with Crippen LogP contribution in [0.5, 0.6) is 0 Å². The summed E-state index contributed by atoms with van der Waals surface area (Å²) < 4.78 is 4.60. The van der Waals surface area contributed by atoms with Crippen molar-refractivity contribution in [2.45, 2.75) is 19.4 Å². The average molecular weight is 143 g/mol. The zero-order valence-corrected chi connectivity index (χ0v) is 6.01. The van der Waals surface area contributed by atoms with E-state index < -0.39 is 5.60 Å². The minimum atomic E-state index is -0.708. The monoisotopic (exact) mass is 144 g/mol. The van der Waals surface area contributed by atoms with Crippen LogP contribution in [0.15, 0.2) is 0 Å². The Labute approximate surface area is 47.6 Å². The molecule has 0 aliphatic rings. The van der Waals surface area contributed by atoms with Crippen LogP contribution >= 0.6 is 0 Å². The van der Waals surface area contributed by atoms with Crippen LogP contribution in [0.25, 0.3) is 0 Å². The van der Waals surface area contributed by atoms with E-state index in [4.69, 9.17) is 6.92 Å². The summed E-state index contributed by atoms with van der Waals surface area (Å²) in [6, 6.07) is 0. The first-order valence-corrected chi connectivity index (χ1v) is 2.51. The molecule has 0 saturated heterocycles. The number of hydrogen-bond acceptors (Lipinski definition) is 1. The van der Waals surface area contributed by atoms with Crippen molar-refractivity contribution in [1.29, 1.82) is 0 Å². The van der Waals surface area contributed by atoms with E-state index in [2.05, 4.69) is 3.76 Å². The SMILES string of the molecule is [C-]C(C)(C)[O][Ge]. The van der Waals surface area contributed by atoms with Gasteiger partial charge in [-0.05, 0) is 0 Å². The fraction of sp³-hybridized carbons (Fsp3) is 0.750. The van der Waals surface area contributed by atoms with E-state index in [1.165, 1.54) is 16.9 Å².